The van der Waals surface area contributed by atoms with Gasteiger partial charge in [0, 0.05) is 36.4 Å². The molecule has 1 aliphatic rings. The molecule has 0 saturated carbocycles. The van der Waals surface area contributed by atoms with Crippen LogP contribution in [0.3, 0.4) is 0 Å². The second-order valence-corrected chi connectivity index (χ2v) is 6.60. The molecule has 1 amide bonds. The number of hydrogen-bond acceptors (Lipinski definition) is 6. The minimum absolute atomic E-state index is 0.232. The highest BCUT2D eigenvalue weighted by Gasteiger charge is 2.38. The minimum atomic E-state index is -4.72. The van der Waals surface area contributed by atoms with E-state index in [0.29, 0.717) is 19.5 Å². The van der Waals surface area contributed by atoms with Crippen molar-refractivity contribution in [2.24, 2.45) is 0 Å². The fraction of sp³-hybridized carbons (Fsp3) is 0.263. The summed E-state index contributed by atoms with van der Waals surface area (Å²) in [5.41, 5.74) is 0.493. The number of carbonyl (C=O) groups excluding carboxylic acids is 1. The number of hydrogen-bond donors (Lipinski definition) is 0. The second-order valence-electron chi connectivity index (χ2n) is 6.60. The van der Waals surface area contributed by atoms with Crippen LogP contribution in [-0.4, -0.2) is 45.1 Å². The molecule has 11 heteroatoms. The Morgan fingerprint density at radius 1 is 1.23 bits per heavy atom. The van der Waals surface area contributed by atoms with Gasteiger partial charge < -0.3 is 14.2 Å². The molecule has 0 unspecified atom stereocenters. The van der Waals surface area contributed by atoms with Gasteiger partial charge in [-0.2, -0.15) is 18.2 Å². The molecule has 0 N–H and O–H groups in total. The molecule has 1 aliphatic heterocycles. The largest absolute Gasteiger partial charge is 0.472 e. The Morgan fingerprint density at radius 2 is 2.07 bits per heavy atom. The number of pyridine rings is 1. The Hall–Kier alpha value is -3.50. The minimum Gasteiger partial charge on any atom is -0.472 e. The predicted octanol–water partition coefficient (Wildman–Crippen LogP) is 3.58. The highest BCUT2D eigenvalue weighted by atomic mass is 19.4. The number of nitrogens with zero attached hydrogens (tertiary/aromatic N) is 4. The third kappa shape index (κ3) is 4.24. The molecule has 0 bridgehead atoms. The van der Waals surface area contributed by atoms with E-state index in [1.54, 1.807) is 11.0 Å². The molecule has 0 aliphatic carbocycles. The van der Waals surface area contributed by atoms with Gasteiger partial charge >= 0.3 is 12.1 Å². The molecule has 7 nitrogen and oxygen atoms in total. The van der Waals surface area contributed by atoms with E-state index in [1.165, 1.54) is 36.5 Å². The Balaban J connectivity index is 1.37. The molecule has 1 fully saturated rings. The fourth-order valence-electron chi connectivity index (χ4n) is 3.02. The topological polar surface area (TPSA) is 81.4 Å². The van der Waals surface area contributed by atoms with Crippen LogP contribution < -0.4 is 4.74 Å². The van der Waals surface area contributed by atoms with E-state index in [2.05, 4.69) is 19.6 Å². The first kappa shape index (κ1) is 19.8. The van der Waals surface area contributed by atoms with Gasteiger partial charge in [-0.25, -0.2) is 9.37 Å². The number of rotatable bonds is 4. The van der Waals surface area contributed by atoms with Crippen molar-refractivity contribution < 1.29 is 31.6 Å². The van der Waals surface area contributed by atoms with Gasteiger partial charge in [0.2, 0.25) is 11.7 Å². The van der Waals surface area contributed by atoms with E-state index >= 15 is 0 Å². The summed E-state index contributed by atoms with van der Waals surface area (Å²) in [6, 6.07) is 8.38. The van der Waals surface area contributed by atoms with Crippen LogP contribution in [-0.2, 0) is 6.18 Å². The smallest absolute Gasteiger partial charge is 0.471 e. The van der Waals surface area contributed by atoms with Gasteiger partial charge in [-0.3, -0.25) is 4.79 Å². The first-order valence-corrected chi connectivity index (χ1v) is 8.88. The summed E-state index contributed by atoms with van der Waals surface area (Å²) >= 11 is 0. The summed E-state index contributed by atoms with van der Waals surface area (Å²) in [6.45, 7) is 0.750. The lowest BCUT2D eigenvalue weighted by Crippen LogP contribution is -2.31. The van der Waals surface area contributed by atoms with Crippen molar-refractivity contribution in [3.63, 3.8) is 0 Å². The zero-order chi connectivity index (χ0) is 21.3. The summed E-state index contributed by atoms with van der Waals surface area (Å²) in [4.78, 5) is 21.4. The predicted molar refractivity (Wildman–Crippen MR) is 93.9 cm³/mol. The van der Waals surface area contributed by atoms with Crippen LogP contribution in [0.2, 0.25) is 0 Å². The fourth-order valence-corrected chi connectivity index (χ4v) is 3.02. The Bertz CT molecular complexity index is 1050. The number of amides is 1. The number of carbonyl (C=O) groups is 1. The summed E-state index contributed by atoms with van der Waals surface area (Å²) < 4.78 is 60.9. The van der Waals surface area contributed by atoms with Gasteiger partial charge in [-0.1, -0.05) is 11.2 Å². The van der Waals surface area contributed by atoms with Crippen LogP contribution in [0.25, 0.3) is 11.4 Å². The summed E-state index contributed by atoms with van der Waals surface area (Å²) in [6.07, 6.45) is -3.21. The normalized spacial score (nSPS) is 16.7. The van der Waals surface area contributed by atoms with E-state index in [1.807, 2.05) is 0 Å². The molecule has 1 aromatic carbocycles. The SMILES string of the molecule is O=C(c1cccc(F)c1)N1CC[C@@H](Oc2ccc(-c3noc(C(F)(F)F)n3)cn2)C1. The van der Waals surface area contributed by atoms with Crippen LogP contribution in [0.5, 0.6) is 5.88 Å². The van der Waals surface area contributed by atoms with Crippen LogP contribution in [0.15, 0.2) is 47.1 Å². The lowest BCUT2D eigenvalue weighted by Gasteiger charge is -2.17. The van der Waals surface area contributed by atoms with Gasteiger partial charge in [-0.15, -0.1) is 0 Å². The van der Waals surface area contributed by atoms with E-state index in [9.17, 15) is 22.4 Å². The first-order chi connectivity index (χ1) is 14.3. The third-order valence-corrected chi connectivity index (χ3v) is 4.45. The molecule has 3 heterocycles. The quantitative estimate of drug-likeness (QED) is 0.598. The molecule has 0 spiro atoms. The van der Waals surface area contributed by atoms with Crippen LogP contribution in [0.1, 0.15) is 22.7 Å². The van der Waals surface area contributed by atoms with Gasteiger partial charge in [0.15, 0.2) is 0 Å². The summed E-state index contributed by atoms with van der Waals surface area (Å²) in [5.74, 6) is -2.22. The summed E-state index contributed by atoms with van der Waals surface area (Å²) in [5, 5.41) is 3.29. The number of likely N-dealkylation sites (tertiary alicyclic amines) is 1. The monoisotopic (exact) mass is 422 g/mol. The van der Waals surface area contributed by atoms with Crippen molar-refractivity contribution in [1.82, 2.24) is 20.0 Å². The zero-order valence-electron chi connectivity index (χ0n) is 15.3. The molecular weight excluding hydrogens is 408 g/mol. The first-order valence-electron chi connectivity index (χ1n) is 8.88. The van der Waals surface area contributed by atoms with Gasteiger partial charge in [0.25, 0.3) is 5.91 Å². The maximum Gasteiger partial charge on any atom is 0.471 e. The molecule has 2 aromatic heterocycles. The molecule has 30 heavy (non-hydrogen) atoms. The standard InChI is InChI=1S/C19H14F4N4O3/c20-13-3-1-2-11(8-13)17(28)27-7-6-14(10-27)29-15-5-4-12(9-24-15)16-25-18(30-26-16)19(21,22)23/h1-5,8-9,14H,6-7,10H2/t14-/m1/s1. The van der Waals surface area contributed by atoms with Crippen molar-refractivity contribution in [2.45, 2.75) is 18.7 Å². The summed E-state index contributed by atoms with van der Waals surface area (Å²) in [7, 11) is 0. The second kappa shape index (κ2) is 7.73. The molecule has 156 valence electrons. The van der Waals surface area contributed by atoms with Crippen LogP contribution in [0.4, 0.5) is 17.6 Å². The van der Waals surface area contributed by atoms with Gasteiger partial charge in [0.1, 0.15) is 11.9 Å². The average molecular weight is 422 g/mol. The van der Waals surface area contributed by atoms with E-state index < -0.39 is 17.9 Å². The lowest BCUT2D eigenvalue weighted by molar-refractivity contribution is -0.159. The number of alkyl halides is 3. The van der Waals surface area contributed by atoms with Crippen molar-refractivity contribution >= 4 is 5.91 Å². The number of halogens is 4. The van der Waals surface area contributed by atoms with Gasteiger partial charge in [-0.05, 0) is 24.3 Å². The molecule has 1 saturated heterocycles. The Morgan fingerprint density at radius 3 is 2.73 bits per heavy atom. The average Bonchev–Trinajstić information content (AvgIpc) is 3.38. The van der Waals surface area contributed by atoms with Gasteiger partial charge in [0.05, 0.1) is 6.54 Å². The molecule has 3 aromatic rings. The number of aromatic nitrogens is 3. The zero-order valence-corrected chi connectivity index (χ0v) is 15.3. The van der Waals surface area contributed by atoms with Crippen LogP contribution in [0, 0.1) is 5.82 Å². The van der Waals surface area contributed by atoms with Crippen molar-refractivity contribution in [3.8, 4) is 17.3 Å². The lowest BCUT2D eigenvalue weighted by atomic mass is 10.2. The maximum atomic E-state index is 13.3. The molecule has 4 rings (SSSR count). The molecule has 1 atom stereocenters. The third-order valence-electron chi connectivity index (χ3n) is 4.45. The van der Waals surface area contributed by atoms with Crippen molar-refractivity contribution in [3.05, 3.63) is 59.9 Å². The highest BCUT2D eigenvalue weighted by Crippen LogP contribution is 2.29. The Labute approximate surface area is 167 Å². The van der Waals surface area contributed by atoms with E-state index in [4.69, 9.17) is 4.74 Å². The maximum absolute atomic E-state index is 13.3. The van der Waals surface area contributed by atoms with Crippen molar-refractivity contribution in [1.29, 1.82) is 0 Å². The van der Waals surface area contributed by atoms with E-state index in [-0.39, 0.29) is 34.8 Å². The number of ether oxygens (including phenoxy) is 1. The number of benzene rings is 1. The van der Waals surface area contributed by atoms with E-state index in [0.717, 1.165) is 0 Å². The Kier molecular flexibility index (Phi) is 5.10. The molecular formula is C19H14F4N4O3. The van der Waals surface area contributed by atoms with Crippen LogP contribution >= 0.6 is 0 Å². The highest BCUT2D eigenvalue weighted by molar-refractivity contribution is 5.94. The molecule has 0 radical (unpaired) electrons. The van der Waals surface area contributed by atoms with Crippen molar-refractivity contribution in [2.75, 3.05) is 13.1 Å².